The number of fused-ring (bicyclic) bond motifs is 1. The van der Waals surface area contributed by atoms with Crippen LogP contribution in [0.5, 0.6) is 0 Å². The molecule has 0 radical (unpaired) electrons. The lowest BCUT2D eigenvalue weighted by molar-refractivity contribution is 0.187. The molecule has 2 atom stereocenters. The first-order valence-corrected chi connectivity index (χ1v) is 7.02. The zero-order chi connectivity index (χ0) is 13.9. The van der Waals surface area contributed by atoms with Crippen molar-refractivity contribution in [3.63, 3.8) is 0 Å². The quantitative estimate of drug-likeness (QED) is 0.908. The second-order valence-corrected chi connectivity index (χ2v) is 5.35. The summed E-state index contributed by atoms with van der Waals surface area (Å²) in [6, 6.07) is 8.13. The number of aromatic nitrogens is 2. The summed E-state index contributed by atoms with van der Waals surface area (Å²) in [4.78, 5) is 12.3. The highest BCUT2D eigenvalue weighted by Crippen LogP contribution is 2.07. The predicted molar refractivity (Wildman–Crippen MR) is 77.8 cm³/mol. The summed E-state index contributed by atoms with van der Waals surface area (Å²) < 4.78 is 6.88. The van der Waals surface area contributed by atoms with Crippen molar-refractivity contribution in [3.05, 3.63) is 40.8 Å². The summed E-state index contributed by atoms with van der Waals surface area (Å²) >= 11 is 0. The molecule has 1 N–H and O–H groups in total. The highest BCUT2D eigenvalue weighted by Gasteiger charge is 2.18. The molecule has 0 amide bonds. The van der Waals surface area contributed by atoms with Crippen molar-refractivity contribution >= 4 is 10.8 Å². The number of benzene rings is 1. The Hall–Kier alpha value is -1.72. The van der Waals surface area contributed by atoms with Crippen LogP contribution >= 0.6 is 0 Å². The van der Waals surface area contributed by atoms with E-state index >= 15 is 0 Å². The predicted octanol–water partition coefficient (Wildman–Crippen LogP) is 1.16. The summed E-state index contributed by atoms with van der Waals surface area (Å²) in [6.07, 6.45) is 2.78. The first-order chi connectivity index (χ1) is 9.74. The van der Waals surface area contributed by atoms with Gasteiger partial charge >= 0.3 is 0 Å². The molecule has 1 aliphatic heterocycles. The van der Waals surface area contributed by atoms with Crippen molar-refractivity contribution in [2.75, 3.05) is 13.2 Å². The molecule has 1 fully saturated rings. The van der Waals surface area contributed by atoms with E-state index in [1.165, 1.54) is 4.68 Å². The molecule has 5 nitrogen and oxygen atoms in total. The molecule has 1 aliphatic rings. The van der Waals surface area contributed by atoms with Gasteiger partial charge in [0.1, 0.15) is 0 Å². The molecule has 1 aromatic heterocycles. The molecule has 0 bridgehead atoms. The molecule has 1 aromatic carbocycles. The summed E-state index contributed by atoms with van der Waals surface area (Å²) in [6.45, 7) is 4.21. The molecular weight excluding hydrogens is 254 g/mol. The van der Waals surface area contributed by atoms with E-state index in [-0.39, 0.29) is 11.6 Å². The largest absolute Gasteiger partial charge is 0.380 e. The number of hydrogen-bond acceptors (Lipinski definition) is 4. The fourth-order valence-electron chi connectivity index (χ4n) is 2.64. The van der Waals surface area contributed by atoms with E-state index in [9.17, 15) is 4.79 Å². The third-order valence-corrected chi connectivity index (χ3v) is 3.66. The van der Waals surface area contributed by atoms with Crippen LogP contribution in [0.15, 0.2) is 35.3 Å². The van der Waals surface area contributed by atoms with Crippen molar-refractivity contribution in [1.82, 2.24) is 15.1 Å². The Balaban J connectivity index is 1.76. The van der Waals surface area contributed by atoms with E-state index in [1.807, 2.05) is 24.3 Å². The molecule has 0 saturated carbocycles. The van der Waals surface area contributed by atoms with Gasteiger partial charge in [0.05, 0.1) is 24.7 Å². The number of nitrogens with one attached hydrogen (secondary N) is 1. The van der Waals surface area contributed by atoms with Crippen LogP contribution in [0.2, 0.25) is 0 Å². The van der Waals surface area contributed by atoms with Gasteiger partial charge in [-0.1, -0.05) is 18.2 Å². The lowest BCUT2D eigenvalue weighted by atomic mass is 10.2. The fourth-order valence-corrected chi connectivity index (χ4v) is 2.64. The summed E-state index contributed by atoms with van der Waals surface area (Å²) in [5.41, 5.74) is -0.0283. The fraction of sp³-hybridized carbons (Fsp3) is 0.467. The monoisotopic (exact) mass is 273 g/mol. The smallest absolute Gasteiger partial charge is 0.274 e. The summed E-state index contributed by atoms with van der Waals surface area (Å²) in [7, 11) is 0. The average Bonchev–Trinajstić information content (AvgIpc) is 2.95. The minimum absolute atomic E-state index is 0.0283. The second kappa shape index (κ2) is 5.73. The maximum atomic E-state index is 12.3. The zero-order valence-corrected chi connectivity index (χ0v) is 11.6. The van der Waals surface area contributed by atoms with Gasteiger partial charge in [-0.25, -0.2) is 4.68 Å². The van der Waals surface area contributed by atoms with Gasteiger partial charge in [-0.3, -0.25) is 4.79 Å². The highest BCUT2D eigenvalue weighted by molar-refractivity contribution is 5.80. The van der Waals surface area contributed by atoms with Gasteiger partial charge < -0.3 is 10.1 Å². The van der Waals surface area contributed by atoms with Crippen LogP contribution in [-0.4, -0.2) is 35.1 Å². The zero-order valence-electron chi connectivity index (χ0n) is 11.6. The third kappa shape index (κ3) is 2.73. The van der Waals surface area contributed by atoms with Crippen LogP contribution in [-0.2, 0) is 11.3 Å². The SMILES string of the molecule is C[C@H](Cn1ncc2ccccc2c1=O)N[C@H]1CCOC1. The molecule has 2 heterocycles. The molecule has 0 unspecified atom stereocenters. The Morgan fingerprint density at radius 2 is 2.35 bits per heavy atom. The van der Waals surface area contributed by atoms with Crippen molar-refractivity contribution in [1.29, 1.82) is 0 Å². The van der Waals surface area contributed by atoms with E-state index in [4.69, 9.17) is 4.74 Å². The highest BCUT2D eigenvalue weighted by atomic mass is 16.5. The van der Waals surface area contributed by atoms with Gasteiger partial charge in [-0.15, -0.1) is 0 Å². The average molecular weight is 273 g/mol. The van der Waals surface area contributed by atoms with Crippen LogP contribution in [0.25, 0.3) is 10.8 Å². The molecular formula is C15H19N3O2. The molecule has 20 heavy (non-hydrogen) atoms. The lowest BCUT2D eigenvalue weighted by Gasteiger charge is -2.18. The van der Waals surface area contributed by atoms with Crippen molar-refractivity contribution < 1.29 is 4.74 Å². The molecule has 0 spiro atoms. The maximum Gasteiger partial charge on any atom is 0.274 e. The van der Waals surface area contributed by atoms with E-state index in [1.54, 1.807) is 6.20 Å². The van der Waals surface area contributed by atoms with Gasteiger partial charge in [-0.05, 0) is 19.4 Å². The van der Waals surface area contributed by atoms with Crippen molar-refractivity contribution in [3.8, 4) is 0 Å². The maximum absolute atomic E-state index is 12.3. The van der Waals surface area contributed by atoms with Crippen LogP contribution in [0.3, 0.4) is 0 Å². The Bertz CT molecular complexity index is 647. The molecule has 1 saturated heterocycles. The molecule has 106 valence electrons. The van der Waals surface area contributed by atoms with Gasteiger partial charge in [0, 0.05) is 24.1 Å². The van der Waals surface area contributed by atoms with E-state index < -0.39 is 0 Å². The van der Waals surface area contributed by atoms with Gasteiger partial charge in [0.25, 0.3) is 5.56 Å². The normalized spacial score (nSPS) is 20.4. The lowest BCUT2D eigenvalue weighted by Crippen LogP contribution is -2.41. The number of nitrogens with zero attached hydrogens (tertiary/aromatic N) is 2. The van der Waals surface area contributed by atoms with Gasteiger partial charge in [0.2, 0.25) is 0 Å². The van der Waals surface area contributed by atoms with E-state index in [0.29, 0.717) is 12.6 Å². The topological polar surface area (TPSA) is 56.2 Å². The van der Waals surface area contributed by atoms with Gasteiger partial charge in [0.15, 0.2) is 0 Å². The minimum Gasteiger partial charge on any atom is -0.380 e. The summed E-state index contributed by atoms with van der Waals surface area (Å²) in [5, 5.41) is 9.34. The molecule has 3 rings (SSSR count). The van der Waals surface area contributed by atoms with Crippen LogP contribution < -0.4 is 10.9 Å². The first-order valence-electron chi connectivity index (χ1n) is 7.02. The first kappa shape index (κ1) is 13.3. The van der Waals surface area contributed by atoms with Crippen molar-refractivity contribution in [2.24, 2.45) is 0 Å². The number of hydrogen-bond donors (Lipinski definition) is 1. The van der Waals surface area contributed by atoms with Crippen LogP contribution in [0.4, 0.5) is 0 Å². The molecule has 5 heteroatoms. The second-order valence-electron chi connectivity index (χ2n) is 5.35. The van der Waals surface area contributed by atoms with Crippen molar-refractivity contribution in [2.45, 2.75) is 32.0 Å². The van der Waals surface area contributed by atoms with Crippen LogP contribution in [0.1, 0.15) is 13.3 Å². The molecule has 0 aliphatic carbocycles. The summed E-state index contributed by atoms with van der Waals surface area (Å²) in [5.74, 6) is 0. The Kier molecular flexibility index (Phi) is 3.80. The Morgan fingerprint density at radius 1 is 1.50 bits per heavy atom. The van der Waals surface area contributed by atoms with E-state index in [2.05, 4.69) is 17.3 Å². The minimum atomic E-state index is -0.0283. The van der Waals surface area contributed by atoms with E-state index in [0.717, 1.165) is 30.4 Å². The van der Waals surface area contributed by atoms with Gasteiger partial charge in [-0.2, -0.15) is 5.10 Å². The standard InChI is InChI=1S/C15H19N3O2/c1-11(17-13-6-7-20-10-13)9-18-15(19)14-5-3-2-4-12(14)8-16-18/h2-5,8,11,13,17H,6-7,9-10H2,1H3/t11-,13+/m1/s1. The molecule has 2 aromatic rings. The van der Waals surface area contributed by atoms with Crippen LogP contribution in [0, 0.1) is 0 Å². The number of rotatable bonds is 4. The Morgan fingerprint density at radius 3 is 3.15 bits per heavy atom. The number of ether oxygens (including phenoxy) is 1. The third-order valence-electron chi connectivity index (χ3n) is 3.66. The Labute approximate surface area is 117 Å².